The number of methoxy groups -OCH3 is 1. The number of urea groups is 1. The summed E-state index contributed by atoms with van der Waals surface area (Å²) in [5.74, 6) is 3.26. The number of hydrogen-bond donors (Lipinski definition) is 2. The first-order valence-electron chi connectivity index (χ1n) is 12.1. The van der Waals surface area contributed by atoms with Crippen molar-refractivity contribution in [2.45, 2.75) is 69.7 Å². The van der Waals surface area contributed by atoms with Gasteiger partial charge in [0.05, 0.1) is 7.11 Å². The lowest BCUT2D eigenvalue weighted by Gasteiger charge is -2.33. The van der Waals surface area contributed by atoms with Crippen LogP contribution in [-0.2, 0) is 0 Å². The van der Waals surface area contributed by atoms with Gasteiger partial charge in [-0.1, -0.05) is 18.2 Å². The van der Waals surface area contributed by atoms with Crippen LogP contribution in [0, 0.1) is 11.8 Å². The van der Waals surface area contributed by atoms with Gasteiger partial charge < -0.3 is 20.3 Å². The van der Waals surface area contributed by atoms with Gasteiger partial charge in [0, 0.05) is 19.1 Å². The molecule has 3 aliphatic rings. The van der Waals surface area contributed by atoms with Crippen molar-refractivity contribution in [3.05, 3.63) is 29.8 Å². The van der Waals surface area contributed by atoms with Crippen LogP contribution in [0.4, 0.5) is 4.79 Å². The molecule has 0 radical (unpaired) electrons. The minimum atomic E-state index is 0.175. The molecule has 0 bridgehead atoms. The van der Waals surface area contributed by atoms with Crippen LogP contribution in [0.2, 0.25) is 0 Å². The van der Waals surface area contributed by atoms with E-state index in [4.69, 9.17) is 4.74 Å². The molecule has 2 N–H and O–H groups in total. The first kappa shape index (κ1) is 21.5. The molecule has 3 fully saturated rings. The van der Waals surface area contributed by atoms with Crippen LogP contribution in [-0.4, -0.2) is 50.3 Å². The van der Waals surface area contributed by atoms with E-state index < -0.39 is 0 Å². The molecule has 5 nitrogen and oxygen atoms in total. The Balaban J connectivity index is 1.08. The standard InChI is InChI=1S/C25H39N3O2/c1-30-24-8-4-3-7-22(24)23-17-20(23)18-26-14-13-19-9-11-21(12-10-19)27-25(29)28-15-5-2-6-16-28/h3-4,7-8,19-21,23,26H,2,5-6,9-18H2,1H3,(H,27,29)/t19-,20-,21-,23+/m0/s1. The van der Waals surface area contributed by atoms with Crippen LogP contribution in [0.25, 0.3) is 0 Å². The zero-order valence-electron chi connectivity index (χ0n) is 18.6. The molecule has 2 aliphatic carbocycles. The highest BCUT2D eigenvalue weighted by molar-refractivity contribution is 5.74. The summed E-state index contributed by atoms with van der Waals surface area (Å²) in [7, 11) is 1.77. The topological polar surface area (TPSA) is 53.6 Å². The maximum atomic E-state index is 12.4. The third kappa shape index (κ3) is 5.69. The van der Waals surface area contributed by atoms with Gasteiger partial charge in [-0.3, -0.25) is 0 Å². The van der Waals surface area contributed by atoms with E-state index in [9.17, 15) is 4.79 Å². The van der Waals surface area contributed by atoms with Crippen molar-refractivity contribution in [1.29, 1.82) is 0 Å². The van der Waals surface area contributed by atoms with E-state index in [1.807, 2.05) is 11.0 Å². The molecule has 2 amide bonds. The lowest BCUT2D eigenvalue weighted by molar-refractivity contribution is 0.175. The number of likely N-dealkylation sites (tertiary alicyclic amines) is 1. The number of hydrogen-bond acceptors (Lipinski definition) is 3. The van der Waals surface area contributed by atoms with E-state index in [-0.39, 0.29) is 6.03 Å². The van der Waals surface area contributed by atoms with Gasteiger partial charge in [0.25, 0.3) is 0 Å². The number of amides is 2. The molecule has 2 atom stereocenters. The molecule has 1 aromatic rings. The molecule has 1 aliphatic heterocycles. The average Bonchev–Trinajstić information content (AvgIpc) is 3.57. The normalized spacial score (nSPS) is 28.8. The largest absolute Gasteiger partial charge is 0.496 e. The highest BCUT2D eigenvalue weighted by Crippen LogP contribution is 2.49. The zero-order valence-corrected chi connectivity index (χ0v) is 18.6. The maximum Gasteiger partial charge on any atom is 0.317 e. The SMILES string of the molecule is COc1ccccc1[C@@H]1C[C@H]1CNCC[C@H]1CC[C@H](NC(=O)N2CCCCC2)CC1. The molecule has 30 heavy (non-hydrogen) atoms. The van der Waals surface area contributed by atoms with Gasteiger partial charge in [0.15, 0.2) is 0 Å². The quantitative estimate of drug-likeness (QED) is 0.616. The fraction of sp³-hybridized carbons (Fsp3) is 0.720. The number of benzene rings is 1. The fourth-order valence-electron chi connectivity index (χ4n) is 5.38. The number of carbonyl (C=O) groups is 1. The van der Waals surface area contributed by atoms with Crippen LogP contribution < -0.4 is 15.4 Å². The van der Waals surface area contributed by atoms with Crippen LogP contribution in [0.1, 0.15) is 69.3 Å². The van der Waals surface area contributed by atoms with E-state index in [1.54, 1.807) is 7.11 Å². The minimum absolute atomic E-state index is 0.175. The monoisotopic (exact) mass is 413 g/mol. The van der Waals surface area contributed by atoms with Crippen LogP contribution >= 0.6 is 0 Å². The second-order valence-electron chi connectivity index (χ2n) is 9.55. The molecule has 1 saturated heterocycles. The van der Waals surface area contributed by atoms with Crippen molar-refractivity contribution in [2.24, 2.45) is 11.8 Å². The Hall–Kier alpha value is -1.75. The minimum Gasteiger partial charge on any atom is -0.496 e. The van der Waals surface area contributed by atoms with Gasteiger partial charge >= 0.3 is 6.03 Å². The zero-order chi connectivity index (χ0) is 20.8. The van der Waals surface area contributed by atoms with Crippen molar-refractivity contribution in [3.63, 3.8) is 0 Å². The highest BCUT2D eigenvalue weighted by Gasteiger charge is 2.39. The lowest BCUT2D eigenvalue weighted by Crippen LogP contribution is -2.47. The molecular weight excluding hydrogens is 374 g/mol. The van der Waals surface area contributed by atoms with Crippen LogP contribution in [0.15, 0.2) is 24.3 Å². The van der Waals surface area contributed by atoms with Gasteiger partial charge in [-0.25, -0.2) is 4.79 Å². The number of ether oxygens (including phenoxy) is 1. The van der Waals surface area contributed by atoms with E-state index >= 15 is 0 Å². The molecule has 1 aromatic carbocycles. The number of rotatable bonds is 8. The third-order valence-electron chi connectivity index (χ3n) is 7.41. The Kier molecular flexibility index (Phi) is 7.53. The van der Waals surface area contributed by atoms with Crippen LogP contribution in [0.5, 0.6) is 5.75 Å². The third-order valence-corrected chi connectivity index (χ3v) is 7.41. The first-order chi connectivity index (χ1) is 14.7. The van der Waals surface area contributed by atoms with E-state index in [0.29, 0.717) is 12.0 Å². The average molecular weight is 414 g/mol. The molecule has 5 heteroatoms. The Bertz CT molecular complexity index is 681. The van der Waals surface area contributed by atoms with Crippen molar-refractivity contribution >= 4 is 6.03 Å². The Morgan fingerprint density at radius 2 is 1.87 bits per heavy atom. The summed E-state index contributed by atoms with van der Waals surface area (Å²) in [6.45, 7) is 4.10. The second kappa shape index (κ2) is 10.5. The predicted octanol–water partition coefficient (Wildman–Crippen LogP) is 4.53. The molecule has 0 aromatic heterocycles. The molecular formula is C25H39N3O2. The first-order valence-corrected chi connectivity index (χ1v) is 12.1. The summed E-state index contributed by atoms with van der Waals surface area (Å²) < 4.78 is 5.52. The number of para-hydroxylation sites is 1. The summed E-state index contributed by atoms with van der Waals surface area (Å²) >= 11 is 0. The second-order valence-corrected chi connectivity index (χ2v) is 9.55. The van der Waals surface area contributed by atoms with Crippen LogP contribution in [0.3, 0.4) is 0 Å². The molecule has 0 spiro atoms. The van der Waals surface area contributed by atoms with Gasteiger partial charge in [-0.05, 0) is 100 Å². The van der Waals surface area contributed by atoms with Crippen molar-refractivity contribution in [3.8, 4) is 5.75 Å². The summed E-state index contributed by atoms with van der Waals surface area (Å²) in [4.78, 5) is 14.4. The number of nitrogens with zero attached hydrogens (tertiary/aromatic N) is 1. The van der Waals surface area contributed by atoms with E-state index in [0.717, 1.165) is 69.4 Å². The molecule has 0 unspecified atom stereocenters. The van der Waals surface area contributed by atoms with Gasteiger partial charge in [0.1, 0.15) is 5.75 Å². The van der Waals surface area contributed by atoms with E-state index in [1.165, 1.54) is 37.7 Å². The Morgan fingerprint density at radius 1 is 1.10 bits per heavy atom. The summed E-state index contributed by atoms with van der Waals surface area (Å²) in [6, 6.07) is 9.01. The number of piperidine rings is 1. The van der Waals surface area contributed by atoms with Crippen molar-refractivity contribution in [1.82, 2.24) is 15.5 Å². The maximum absolute atomic E-state index is 12.4. The summed E-state index contributed by atoms with van der Waals surface area (Å²) in [6.07, 6.45) is 10.9. The van der Waals surface area contributed by atoms with E-state index in [2.05, 4.69) is 28.8 Å². The smallest absolute Gasteiger partial charge is 0.317 e. The van der Waals surface area contributed by atoms with Gasteiger partial charge in [-0.2, -0.15) is 0 Å². The van der Waals surface area contributed by atoms with Crippen molar-refractivity contribution in [2.75, 3.05) is 33.3 Å². The Labute approximate surface area is 181 Å². The number of nitrogens with one attached hydrogen (secondary N) is 2. The summed E-state index contributed by atoms with van der Waals surface area (Å²) in [5, 5.41) is 6.99. The van der Waals surface area contributed by atoms with Crippen molar-refractivity contribution < 1.29 is 9.53 Å². The lowest BCUT2D eigenvalue weighted by atomic mass is 9.84. The summed E-state index contributed by atoms with van der Waals surface area (Å²) in [5.41, 5.74) is 1.37. The fourth-order valence-corrected chi connectivity index (χ4v) is 5.38. The Morgan fingerprint density at radius 3 is 2.63 bits per heavy atom. The molecule has 1 heterocycles. The molecule has 2 saturated carbocycles. The van der Waals surface area contributed by atoms with Gasteiger partial charge in [0.2, 0.25) is 0 Å². The van der Waals surface area contributed by atoms with Gasteiger partial charge in [-0.15, -0.1) is 0 Å². The highest BCUT2D eigenvalue weighted by atomic mass is 16.5. The molecule has 166 valence electrons. The predicted molar refractivity (Wildman–Crippen MR) is 121 cm³/mol. The molecule has 4 rings (SSSR count). The number of carbonyl (C=O) groups excluding carboxylic acids is 1.